The molecule has 0 amide bonds. The van der Waals surface area contributed by atoms with Crippen LogP contribution in [0.15, 0.2) is 6.20 Å². The van der Waals surface area contributed by atoms with Crippen molar-refractivity contribution in [3.63, 3.8) is 0 Å². The van der Waals surface area contributed by atoms with Gasteiger partial charge in [-0.3, -0.25) is 10.1 Å². The fourth-order valence-corrected chi connectivity index (χ4v) is 0.871. The van der Waals surface area contributed by atoms with Gasteiger partial charge in [0, 0.05) is 6.20 Å². The summed E-state index contributed by atoms with van der Waals surface area (Å²) in [4.78, 5) is 12.4. The summed E-state index contributed by atoms with van der Waals surface area (Å²) in [6.07, 6.45) is -2.52. The van der Waals surface area contributed by atoms with E-state index in [1.165, 1.54) is 0 Å². The van der Waals surface area contributed by atoms with E-state index in [2.05, 4.69) is 4.98 Å². The van der Waals surface area contributed by atoms with Gasteiger partial charge < -0.3 is 10.8 Å². The van der Waals surface area contributed by atoms with E-state index >= 15 is 0 Å². The van der Waals surface area contributed by atoms with Crippen LogP contribution in [-0.2, 0) is 0 Å². The first-order valence-electron chi connectivity index (χ1n) is 3.35. The molecule has 0 spiro atoms. The van der Waals surface area contributed by atoms with E-state index in [0.717, 1.165) is 0 Å². The quantitative estimate of drug-likeness (QED) is 0.558. The van der Waals surface area contributed by atoms with Crippen molar-refractivity contribution in [1.82, 2.24) is 4.98 Å². The highest BCUT2D eigenvalue weighted by Gasteiger charge is 2.28. The Morgan fingerprint density at radius 2 is 2.21 bits per heavy atom. The van der Waals surface area contributed by atoms with E-state index in [9.17, 15) is 18.9 Å². The number of alkyl halides is 2. The lowest BCUT2D eigenvalue weighted by Crippen LogP contribution is -2.01. The molecule has 1 rings (SSSR count). The van der Waals surface area contributed by atoms with Gasteiger partial charge in [-0.2, -0.15) is 0 Å². The summed E-state index contributed by atoms with van der Waals surface area (Å²) in [5.41, 5.74) is 2.96. The van der Waals surface area contributed by atoms with Crippen LogP contribution in [0.5, 0.6) is 5.75 Å². The highest BCUT2D eigenvalue weighted by atomic mass is 19.3. The van der Waals surface area contributed by atoms with Gasteiger partial charge in [-0.25, -0.2) is 13.8 Å². The average molecular weight is 205 g/mol. The summed E-state index contributed by atoms with van der Waals surface area (Å²) in [7, 11) is 0. The minimum Gasteiger partial charge on any atom is -0.500 e. The van der Waals surface area contributed by atoms with E-state index in [0.29, 0.717) is 6.20 Å². The van der Waals surface area contributed by atoms with Crippen LogP contribution in [0.2, 0.25) is 0 Å². The van der Waals surface area contributed by atoms with Gasteiger partial charge >= 0.3 is 5.69 Å². The molecule has 3 N–H and O–H groups in total. The summed E-state index contributed by atoms with van der Waals surface area (Å²) >= 11 is 0. The van der Waals surface area contributed by atoms with Crippen molar-refractivity contribution in [2.75, 3.05) is 5.73 Å². The SMILES string of the molecule is Nc1ncc(C(F)F)c([N+](=O)[O-])c1O. The number of nitrogens with two attached hydrogens (primary N) is 1. The number of nitro groups is 1. The predicted octanol–water partition coefficient (Wildman–Crippen LogP) is 1.22. The second kappa shape index (κ2) is 3.40. The average Bonchev–Trinajstić information content (AvgIpc) is 2.08. The highest BCUT2D eigenvalue weighted by Crippen LogP contribution is 2.37. The summed E-state index contributed by atoms with van der Waals surface area (Å²) in [6.45, 7) is 0. The number of aromatic hydroxyl groups is 1. The Bertz CT molecular complexity index is 383. The van der Waals surface area contributed by atoms with Crippen LogP contribution >= 0.6 is 0 Å². The van der Waals surface area contributed by atoms with Gasteiger partial charge in [-0.1, -0.05) is 0 Å². The lowest BCUT2D eigenvalue weighted by atomic mass is 10.2. The third-order valence-corrected chi connectivity index (χ3v) is 1.50. The van der Waals surface area contributed by atoms with Gasteiger partial charge in [0.15, 0.2) is 5.82 Å². The van der Waals surface area contributed by atoms with E-state index in [1.54, 1.807) is 0 Å². The van der Waals surface area contributed by atoms with Crippen LogP contribution in [-0.4, -0.2) is 15.0 Å². The van der Waals surface area contributed by atoms with Crippen LogP contribution in [0, 0.1) is 10.1 Å². The maximum absolute atomic E-state index is 12.2. The molecule has 0 saturated heterocycles. The van der Waals surface area contributed by atoms with E-state index in [4.69, 9.17) is 10.8 Å². The van der Waals surface area contributed by atoms with Crippen molar-refractivity contribution < 1.29 is 18.8 Å². The van der Waals surface area contributed by atoms with E-state index < -0.39 is 34.2 Å². The molecule has 0 saturated carbocycles. The third-order valence-electron chi connectivity index (χ3n) is 1.50. The molecule has 0 radical (unpaired) electrons. The lowest BCUT2D eigenvalue weighted by Gasteiger charge is -2.03. The molecule has 0 fully saturated rings. The fraction of sp³-hybridized carbons (Fsp3) is 0.167. The molecule has 0 aliphatic rings. The summed E-state index contributed by atoms with van der Waals surface area (Å²) in [5.74, 6) is -1.59. The number of nitrogen functional groups attached to an aromatic ring is 1. The molecule has 0 aromatic carbocycles. The summed E-state index contributed by atoms with van der Waals surface area (Å²) in [5, 5.41) is 19.4. The third kappa shape index (κ3) is 1.53. The maximum Gasteiger partial charge on any atom is 0.325 e. The van der Waals surface area contributed by atoms with Gasteiger partial charge in [0.25, 0.3) is 6.43 Å². The Kier molecular flexibility index (Phi) is 2.45. The van der Waals surface area contributed by atoms with Crippen molar-refractivity contribution >= 4 is 11.5 Å². The van der Waals surface area contributed by atoms with E-state index in [1.807, 2.05) is 0 Å². The predicted molar refractivity (Wildman–Crippen MR) is 41.9 cm³/mol. The molecule has 1 aromatic rings. The first kappa shape index (κ1) is 10.1. The molecule has 6 nitrogen and oxygen atoms in total. The molecule has 1 heterocycles. The van der Waals surface area contributed by atoms with Gasteiger partial charge in [-0.05, 0) is 0 Å². The number of hydrogen-bond acceptors (Lipinski definition) is 5. The Balaban J connectivity index is 3.45. The van der Waals surface area contributed by atoms with Crippen LogP contribution < -0.4 is 5.73 Å². The highest BCUT2D eigenvalue weighted by molar-refractivity contribution is 5.62. The molecule has 0 aliphatic carbocycles. The lowest BCUT2D eigenvalue weighted by molar-refractivity contribution is -0.387. The molecule has 1 aromatic heterocycles. The minimum atomic E-state index is -3.09. The number of anilines is 1. The zero-order chi connectivity index (χ0) is 10.9. The van der Waals surface area contributed by atoms with E-state index in [-0.39, 0.29) is 0 Å². The molecule has 0 atom stereocenters. The maximum atomic E-state index is 12.2. The molecular formula is C6H5F2N3O3. The number of hydrogen-bond donors (Lipinski definition) is 2. The first-order valence-corrected chi connectivity index (χ1v) is 3.35. The molecular weight excluding hydrogens is 200 g/mol. The minimum absolute atomic E-state index is 0.555. The summed E-state index contributed by atoms with van der Waals surface area (Å²) < 4.78 is 24.4. The van der Waals surface area contributed by atoms with Gasteiger partial charge in [-0.15, -0.1) is 0 Å². The van der Waals surface area contributed by atoms with Crippen molar-refractivity contribution in [3.05, 3.63) is 21.9 Å². The molecule has 8 heteroatoms. The molecule has 0 unspecified atom stereocenters. The van der Waals surface area contributed by atoms with Crippen molar-refractivity contribution in [3.8, 4) is 5.75 Å². The number of nitrogens with zero attached hydrogens (tertiary/aromatic N) is 2. The molecule has 0 bridgehead atoms. The second-order valence-electron chi connectivity index (χ2n) is 2.35. The molecule has 76 valence electrons. The monoisotopic (exact) mass is 205 g/mol. The van der Waals surface area contributed by atoms with Crippen molar-refractivity contribution in [2.45, 2.75) is 6.43 Å². The Morgan fingerprint density at radius 1 is 1.64 bits per heavy atom. The molecule has 0 aliphatic heterocycles. The number of halogens is 2. The van der Waals surface area contributed by atoms with Crippen LogP contribution in [0.1, 0.15) is 12.0 Å². The van der Waals surface area contributed by atoms with Crippen molar-refractivity contribution in [1.29, 1.82) is 0 Å². The summed E-state index contributed by atoms with van der Waals surface area (Å²) in [6, 6.07) is 0. The largest absolute Gasteiger partial charge is 0.500 e. The van der Waals surface area contributed by atoms with Crippen LogP contribution in [0.3, 0.4) is 0 Å². The number of pyridine rings is 1. The zero-order valence-corrected chi connectivity index (χ0v) is 6.65. The first-order chi connectivity index (χ1) is 6.45. The van der Waals surface area contributed by atoms with Crippen LogP contribution in [0.25, 0.3) is 0 Å². The number of aromatic nitrogens is 1. The normalized spacial score (nSPS) is 10.5. The molecule has 14 heavy (non-hydrogen) atoms. The fourth-order valence-electron chi connectivity index (χ4n) is 0.871. The van der Waals surface area contributed by atoms with Gasteiger partial charge in [0.2, 0.25) is 5.75 Å². The smallest absolute Gasteiger partial charge is 0.325 e. The zero-order valence-electron chi connectivity index (χ0n) is 6.65. The number of rotatable bonds is 2. The van der Waals surface area contributed by atoms with Gasteiger partial charge in [0.1, 0.15) is 5.56 Å². The Morgan fingerprint density at radius 3 is 2.64 bits per heavy atom. The second-order valence-corrected chi connectivity index (χ2v) is 2.35. The Labute approximate surface area is 76.1 Å². The van der Waals surface area contributed by atoms with Crippen LogP contribution in [0.4, 0.5) is 20.3 Å². The van der Waals surface area contributed by atoms with Gasteiger partial charge in [0.05, 0.1) is 4.92 Å². The van der Waals surface area contributed by atoms with Crippen molar-refractivity contribution in [2.24, 2.45) is 0 Å². The Hall–Kier alpha value is -1.99. The standard InChI is InChI=1S/C6H5F2N3O3/c7-5(8)2-1-10-6(9)4(12)3(2)11(13)14/h1,5,12H,(H2,9,10). The topological polar surface area (TPSA) is 102 Å².